The van der Waals surface area contributed by atoms with E-state index in [4.69, 9.17) is 11.6 Å². The first-order chi connectivity index (χ1) is 6.24. The monoisotopic (exact) mass is 198 g/mol. The van der Waals surface area contributed by atoms with Crippen LogP contribution < -0.4 is 4.90 Å². The lowest BCUT2D eigenvalue weighted by Crippen LogP contribution is -2.18. The van der Waals surface area contributed by atoms with E-state index in [9.17, 15) is 0 Å². The summed E-state index contributed by atoms with van der Waals surface area (Å²) in [6.45, 7) is 3.25. The van der Waals surface area contributed by atoms with E-state index in [0.717, 1.165) is 12.2 Å². The molecule has 0 bridgehead atoms. The third-order valence-electron chi connectivity index (χ3n) is 2.00. The maximum Gasteiger partial charge on any atom is 0.131 e. The average molecular weight is 199 g/mol. The van der Waals surface area contributed by atoms with Crippen LogP contribution in [-0.4, -0.2) is 18.6 Å². The van der Waals surface area contributed by atoms with Crippen LogP contribution in [0.5, 0.6) is 0 Å². The molecule has 1 aromatic rings. The molecule has 1 heterocycles. The summed E-state index contributed by atoms with van der Waals surface area (Å²) in [7, 11) is 2.07. The molecule has 2 nitrogen and oxygen atoms in total. The standard InChI is InChI=1S/C10H15ClN2/c1-3-4-7-13(2)9-5-6-12-10(11)8-9/h5-6,8H,3-4,7H2,1-2H3. The average Bonchev–Trinajstić information content (AvgIpc) is 2.14. The minimum Gasteiger partial charge on any atom is -0.374 e. The molecular formula is C10H15ClN2. The molecule has 0 aromatic carbocycles. The third kappa shape index (κ3) is 3.23. The fraction of sp³-hybridized carbons (Fsp3) is 0.500. The van der Waals surface area contributed by atoms with E-state index in [1.165, 1.54) is 12.8 Å². The minimum atomic E-state index is 0.556. The fourth-order valence-corrected chi connectivity index (χ4v) is 1.32. The van der Waals surface area contributed by atoms with Gasteiger partial charge >= 0.3 is 0 Å². The zero-order chi connectivity index (χ0) is 9.68. The van der Waals surface area contributed by atoms with E-state index in [1.807, 2.05) is 12.1 Å². The maximum absolute atomic E-state index is 5.79. The Balaban J connectivity index is 2.60. The summed E-state index contributed by atoms with van der Waals surface area (Å²) in [4.78, 5) is 6.13. The number of halogens is 1. The fourth-order valence-electron chi connectivity index (χ4n) is 1.15. The van der Waals surface area contributed by atoms with Gasteiger partial charge in [-0.05, 0) is 18.6 Å². The summed E-state index contributed by atoms with van der Waals surface area (Å²) in [5, 5.41) is 0.556. The van der Waals surface area contributed by atoms with Gasteiger partial charge in [-0.1, -0.05) is 24.9 Å². The lowest BCUT2D eigenvalue weighted by atomic mass is 10.3. The second-order valence-corrected chi connectivity index (χ2v) is 3.50. The van der Waals surface area contributed by atoms with Crippen LogP contribution in [-0.2, 0) is 0 Å². The van der Waals surface area contributed by atoms with Gasteiger partial charge in [-0.2, -0.15) is 0 Å². The highest BCUT2D eigenvalue weighted by Gasteiger charge is 2.00. The summed E-state index contributed by atoms with van der Waals surface area (Å²) in [5.41, 5.74) is 1.13. The Bertz CT molecular complexity index is 263. The van der Waals surface area contributed by atoms with E-state index in [1.54, 1.807) is 6.20 Å². The Labute approximate surface area is 84.5 Å². The molecule has 1 rings (SSSR count). The number of anilines is 1. The molecule has 1 aromatic heterocycles. The van der Waals surface area contributed by atoms with Gasteiger partial charge in [0.1, 0.15) is 5.15 Å². The second kappa shape index (κ2) is 5.07. The van der Waals surface area contributed by atoms with E-state index in [-0.39, 0.29) is 0 Å². The first-order valence-corrected chi connectivity index (χ1v) is 4.94. The number of pyridine rings is 1. The zero-order valence-electron chi connectivity index (χ0n) is 8.13. The molecule has 3 heteroatoms. The molecular weight excluding hydrogens is 184 g/mol. The molecule has 0 unspecified atom stereocenters. The number of aromatic nitrogens is 1. The molecule has 0 aliphatic carbocycles. The van der Waals surface area contributed by atoms with E-state index >= 15 is 0 Å². The lowest BCUT2D eigenvalue weighted by Gasteiger charge is -2.18. The smallest absolute Gasteiger partial charge is 0.131 e. The topological polar surface area (TPSA) is 16.1 Å². The van der Waals surface area contributed by atoms with Crippen molar-refractivity contribution < 1.29 is 0 Å². The van der Waals surface area contributed by atoms with Gasteiger partial charge < -0.3 is 4.90 Å². The van der Waals surface area contributed by atoms with Gasteiger partial charge in [0.15, 0.2) is 0 Å². The summed E-state index contributed by atoms with van der Waals surface area (Å²) in [5.74, 6) is 0. The maximum atomic E-state index is 5.79. The van der Waals surface area contributed by atoms with Crippen LogP contribution in [0, 0.1) is 0 Å². The van der Waals surface area contributed by atoms with Crippen molar-refractivity contribution in [2.24, 2.45) is 0 Å². The molecule has 0 saturated heterocycles. The summed E-state index contributed by atoms with van der Waals surface area (Å²) < 4.78 is 0. The molecule has 0 aliphatic heterocycles. The normalized spacial score (nSPS) is 10.1. The summed E-state index contributed by atoms with van der Waals surface area (Å²) in [6.07, 6.45) is 4.15. The van der Waals surface area contributed by atoms with Crippen LogP contribution in [0.25, 0.3) is 0 Å². The molecule has 0 spiro atoms. The number of rotatable bonds is 4. The Hall–Kier alpha value is -0.760. The molecule has 0 fully saturated rings. The molecule has 13 heavy (non-hydrogen) atoms. The quantitative estimate of drug-likeness (QED) is 0.692. The Morgan fingerprint density at radius 1 is 1.54 bits per heavy atom. The number of unbranched alkanes of at least 4 members (excludes halogenated alkanes) is 1. The molecule has 0 atom stereocenters. The highest BCUT2D eigenvalue weighted by molar-refractivity contribution is 6.29. The molecule has 72 valence electrons. The van der Waals surface area contributed by atoms with Crippen LogP contribution in [0.15, 0.2) is 18.3 Å². The molecule has 0 saturated carbocycles. The minimum absolute atomic E-state index is 0.556. The summed E-state index contributed by atoms with van der Waals surface area (Å²) >= 11 is 5.79. The van der Waals surface area contributed by atoms with Gasteiger partial charge in [-0.3, -0.25) is 0 Å². The number of hydrogen-bond acceptors (Lipinski definition) is 2. The van der Waals surface area contributed by atoms with Gasteiger partial charge in [-0.15, -0.1) is 0 Å². The number of nitrogens with zero attached hydrogens (tertiary/aromatic N) is 2. The van der Waals surface area contributed by atoms with Crippen LogP contribution in [0.1, 0.15) is 19.8 Å². The highest BCUT2D eigenvalue weighted by atomic mass is 35.5. The van der Waals surface area contributed by atoms with Crippen molar-refractivity contribution in [1.82, 2.24) is 4.98 Å². The van der Waals surface area contributed by atoms with Crippen LogP contribution in [0.3, 0.4) is 0 Å². The van der Waals surface area contributed by atoms with Crippen molar-refractivity contribution in [3.05, 3.63) is 23.5 Å². The first-order valence-electron chi connectivity index (χ1n) is 4.56. The number of hydrogen-bond donors (Lipinski definition) is 0. The second-order valence-electron chi connectivity index (χ2n) is 3.11. The zero-order valence-corrected chi connectivity index (χ0v) is 8.88. The predicted molar refractivity (Wildman–Crippen MR) is 57.4 cm³/mol. The van der Waals surface area contributed by atoms with Crippen molar-refractivity contribution in [2.75, 3.05) is 18.5 Å². The van der Waals surface area contributed by atoms with Crippen LogP contribution >= 0.6 is 11.6 Å². The molecule has 0 amide bonds. The molecule has 0 aliphatic rings. The molecule has 0 N–H and O–H groups in total. The lowest BCUT2D eigenvalue weighted by molar-refractivity contribution is 0.766. The van der Waals surface area contributed by atoms with E-state index in [2.05, 4.69) is 23.9 Å². The Kier molecular flexibility index (Phi) is 4.03. The van der Waals surface area contributed by atoms with Crippen LogP contribution in [0.2, 0.25) is 5.15 Å². The van der Waals surface area contributed by atoms with Gasteiger partial charge in [0.25, 0.3) is 0 Å². The van der Waals surface area contributed by atoms with Crippen LogP contribution in [0.4, 0.5) is 5.69 Å². The molecule has 0 radical (unpaired) electrons. The van der Waals surface area contributed by atoms with Crippen molar-refractivity contribution in [1.29, 1.82) is 0 Å². The van der Waals surface area contributed by atoms with Crippen molar-refractivity contribution >= 4 is 17.3 Å². The van der Waals surface area contributed by atoms with Crippen molar-refractivity contribution in [3.8, 4) is 0 Å². The SMILES string of the molecule is CCCCN(C)c1ccnc(Cl)c1. The van der Waals surface area contributed by atoms with Gasteiger partial charge in [0, 0.05) is 25.5 Å². The van der Waals surface area contributed by atoms with Gasteiger partial charge in [0.05, 0.1) is 0 Å². The van der Waals surface area contributed by atoms with Gasteiger partial charge in [0.2, 0.25) is 0 Å². The van der Waals surface area contributed by atoms with E-state index in [0.29, 0.717) is 5.15 Å². The summed E-state index contributed by atoms with van der Waals surface area (Å²) in [6, 6.07) is 3.86. The Morgan fingerprint density at radius 2 is 2.31 bits per heavy atom. The predicted octanol–water partition coefficient (Wildman–Crippen LogP) is 2.97. The third-order valence-corrected chi connectivity index (χ3v) is 2.20. The first kappa shape index (κ1) is 10.3. The Morgan fingerprint density at radius 3 is 2.92 bits per heavy atom. The van der Waals surface area contributed by atoms with Crippen molar-refractivity contribution in [3.63, 3.8) is 0 Å². The highest BCUT2D eigenvalue weighted by Crippen LogP contribution is 2.15. The largest absolute Gasteiger partial charge is 0.374 e. The van der Waals surface area contributed by atoms with Crippen molar-refractivity contribution in [2.45, 2.75) is 19.8 Å². The van der Waals surface area contributed by atoms with E-state index < -0.39 is 0 Å². The van der Waals surface area contributed by atoms with Gasteiger partial charge in [-0.25, -0.2) is 4.98 Å².